The van der Waals surface area contributed by atoms with E-state index >= 15 is 0 Å². The van der Waals surface area contributed by atoms with Crippen LogP contribution in [0.1, 0.15) is 77.4 Å². The molecular formula is C30H22O12. The second-order valence-electron chi connectivity index (χ2n) is 11.6. The predicted molar refractivity (Wildman–Crippen MR) is 139 cm³/mol. The van der Waals surface area contributed by atoms with Crippen molar-refractivity contribution in [3.8, 4) is 23.0 Å². The molecule has 5 aliphatic carbocycles. The zero-order valence-electron chi connectivity index (χ0n) is 21.9. The minimum absolute atomic E-state index is 0.00507. The van der Waals surface area contributed by atoms with E-state index < -0.39 is 138 Å². The normalized spacial score (nSPS) is 30.9. The first-order valence-electron chi connectivity index (χ1n) is 13.1. The Balaban J connectivity index is 1.62. The molecule has 0 unspecified atom stereocenters. The Labute approximate surface area is 235 Å². The molecule has 0 radical (unpaired) electrons. The average Bonchev–Trinajstić information content (AvgIpc) is 3.11. The van der Waals surface area contributed by atoms with Crippen LogP contribution in [-0.2, 0) is 4.79 Å². The Morgan fingerprint density at radius 3 is 2.14 bits per heavy atom. The fraction of sp³-hybridized carbons (Fsp3) is 0.300. The Morgan fingerprint density at radius 2 is 1.48 bits per heavy atom. The monoisotopic (exact) mass is 574 g/mol. The molecule has 1 spiro atoms. The second kappa shape index (κ2) is 7.72. The smallest absolute Gasteiger partial charge is 0.193 e. The molecule has 2 bridgehead atoms. The number of carbonyl (C=O) groups excluding carboxylic acids is 5. The third-order valence-electron chi connectivity index (χ3n) is 9.69. The molecule has 0 amide bonds. The number of fused-ring (bicyclic) bond motifs is 7. The van der Waals surface area contributed by atoms with E-state index in [9.17, 15) is 59.7 Å². The van der Waals surface area contributed by atoms with E-state index in [4.69, 9.17) is 0 Å². The molecule has 42 heavy (non-hydrogen) atoms. The lowest BCUT2D eigenvalue weighted by atomic mass is 9.53. The topological polar surface area (TPSA) is 227 Å². The zero-order valence-corrected chi connectivity index (χ0v) is 21.9. The number of carbonyl (C=O) groups is 5. The van der Waals surface area contributed by atoms with Gasteiger partial charge in [0.15, 0.2) is 28.9 Å². The fourth-order valence-corrected chi connectivity index (χ4v) is 8.19. The lowest BCUT2D eigenvalue weighted by Crippen LogP contribution is -2.56. The molecule has 0 saturated heterocycles. The average molecular weight is 574 g/mol. The molecule has 7 rings (SSSR count). The highest BCUT2D eigenvalue weighted by molar-refractivity contribution is 6.29. The minimum atomic E-state index is -2.52. The highest BCUT2D eigenvalue weighted by Gasteiger charge is 2.76. The summed E-state index contributed by atoms with van der Waals surface area (Å²) in [7, 11) is 0. The number of aliphatic hydroxyl groups is 3. The number of hydrogen-bond donors (Lipinski definition) is 7. The molecule has 2 saturated carbocycles. The number of aryl methyl sites for hydroxylation is 1. The van der Waals surface area contributed by atoms with Gasteiger partial charge in [-0.2, -0.15) is 0 Å². The Hall–Kier alpha value is -4.81. The quantitative estimate of drug-likeness (QED) is 0.222. The lowest BCUT2D eigenvalue weighted by Gasteiger charge is -2.47. The Morgan fingerprint density at radius 1 is 0.810 bits per heavy atom. The van der Waals surface area contributed by atoms with Crippen LogP contribution in [0.3, 0.4) is 0 Å². The van der Waals surface area contributed by atoms with Gasteiger partial charge in [-0.15, -0.1) is 0 Å². The van der Waals surface area contributed by atoms with Crippen LogP contribution in [0.4, 0.5) is 0 Å². The second-order valence-corrected chi connectivity index (χ2v) is 11.6. The van der Waals surface area contributed by atoms with Crippen molar-refractivity contribution in [1.82, 2.24) is 0 Å². The van der Waals surface area contributed by atoms with Crippen LogP contribution in [0.5, 0.6) is 23.0 Å². The van der Waals surface area contributed by atoms with Crippen molar-refractivity contribution in [3.63, 3.8) is 0 Å². The fourth-order valence-electron chi connectivity index (χ4n) is 8.19. The largest absolute Gasteiger partial charge is 0.507 e. The van der Waals surface area contributed by atoms with Crippen molar-refractivity contribution in [2.75, 3.05) is 0 Å². The summed E-state index contributed by atoms with van der Waals surface area (Å²) in [5.74, 6) is -14.3. The van der Waals surface area contributed by atoms with E-state index in [1.165, 1.54) is 13.8 Å². The van der Waals surface area contributed by atoms with Gasteiger partial charge in [-0.05, 0) is 31.6 Å². The SMILES string of the molecule is CC1=CC(=O)c2c(O)c3c(c(O)c2C1=O)[C@H]1[C@@H](O)[C@H](C3=O)[C@@]23C(=O)c4c(O)c(C)cc(O)c4C(O)=C2C(=O)C[C@H](O)[C@@H]13. The standard InChI is InChI=1S/C30H22O12/c1-6-3-8(31)12-16(22(6)35)25(38)14-15-19-10(33)5-11(34)20-26(39)13-9(32)4-7(2)23(36)18(13)29(42)30(19,20)21(27(15)40)28(41)17(14)24(12)37/h3-4,10,15,19,21,27,32-33,36-40H,5H2,1-2H3/t10-,15+,19-,21+,27+,30-/m0/s1. The molecule has 2 aromatic carbocycles. The van der Waals surface area contributed by atoms with E-state index in [0.29, 0.717) is 0 Å². The van der Waals surface area contributed by atoms with Gasteiger partial charge in [0.2, 0.25) is 0 Å². The molecule has 0 aliphatic heterocycles. The summed E-state index contributed by atoms with van der Waals surface area (Å²) in [5.41, 5.74) is -6.89. The number of benzene rings is 2. The van der Waals surface area contributed by atoms with Gasteiger partial charge >= 0.3 is 0 Å². The van der Waals surface area contributed by atoms with Crippen molar-refractivity contribution in [1.29, 1.82) is 0 Å². The number of rotatable bonds is 0. The van der Waals surface area contributed by atoms with Gasteiger partial charge in [0, 0.05) is 29.4 Å². The molecule has 6 atom stereocenters. The van der Waals surface area contributed by atoms with Crippen molar-refractivity contribution in [2.45, 2.75) is 38.4 Å². The summed E-state index contributed by atoms with van der Waals surface area (Å²) >= 11 is 0. The van der Waals surface area contributed by atoms with Crippen LogP contribution in [0.15, 0.2) is 23.3 Å². The summed E-state index contributed by atoms with van der Waals surface area (Å²) in [6.07, 6.45) is -3.42. The van der Waals surface area contributed by atoms with Crippen molar-refractivity contribution >= 4 is 34.7 Å². The van der Waals surface area contributed by atoms with E-state index in [1.54, 1.807) is 0 Å². The van der Waals surface area contributed by atoms with Crippen molar-refractivity contribution in [3.05, 3.63) is 62.2 Å². The third kappa shape index (κ3) is 2.54. The first kappa shape index (κ1) is 26.1. The predicted octanol–water partition coefficient (Wildman–Crippen LogP) is 1.52. The molecular weight excluding hydrogens is 552 g/mol. The Bertz CT molecular complexity index is 1880. The molecule has 0 heterocycles. The number of phenolic OH excluding ortho intramolecular Hbond substituents is 4. The molecule has 5 aliphatic rings. The summed E-state index contributed by atoms with van der Waals surface area (Å²) < 4.78 is 0. The van der Waals surface area contributed by atoms with Gasteiger partial charge in [-0.3, -0.25) is 24.0 Å². The summed E-state index contributed by atoms with van der Waals surface area (Å²) in [6, 6.07) is 1.06. The number of allylic oxidation sites excluding steroid dienone is 3. The van der Waals surface area contributed by atoms with Gasteiger partial charge in [0.1, 0.15) is 28.8 Å². The number of phenols is 4. The van der Waals surface area contributed by atoms with Crippen LogP contribution in [0.2, 0.25) is 0 Å². The highest BCUT2D eigenvalue weighted by Crippen LogP contribution is 2.71. The number of hydrogen-bond acceptors (Lipinski definition) is 12. The van der Waals surface area contributed by atoms with E-state index in [-0.39, 0.29) is 11.1 Å². The van der Waals surface area contributed by atoms with E-state index in [0.717, 1.165) is 12.1 Å². The maximum absolute atomic E-state index is 14.6. The van der Waals surface area contributed by atoms with E-state index in [1.807, 2.05) is 0 Å². The Kier molecular flexibility index (Phi) is 4.80. The summed E-state index contributed by atoms with van der Waals surface area (Å²) in [4.78, 5) is 68.3. The zero-order chi connectivity index (χ0) is 30.5. The van der Waals surface area contributed by atoms with Crippen LogP contribution in [0, 0.1) is 24.2 Å². The van der Waals surface area contributed by atoms with Gasteiger partial charge < -0.3 is 35.7 Å². The third-order valence-corrected chi connectivity index (χ3v) is 9.69. The van der Waals surface area contributed by atoms with Gasteiger partial charge in [0.05, 0.1) is 56.9 Å². The van der Waals surface area contributed by atoms with Crippen molar-refractivity contribution in [2.24, 2.45) is 17.3 Å². The highest BCUT2D eigenvalue weighted by atomic mass is 16.3. The molecule has 0 aromatic heterocycles. The lowest BCUT2D eigenvalue weighted by molar-refractivity contribution is -0.123. The van der Waals surface area contributed by atoms with Gasteiger partial charge in [-0.25, -0.2) is 0 Å². The maximum atomic E-state index is 14.6. The van der Waals surface area contributed by atoms with E-state index in [2.05, 4.69) is 0 Å². The van der Waals surface area contributed by atoms with Gasteiger partial charge in [0.25, 0.3) is 0 Å². The number of ketones is 5. The summed E-state index contributed by atoms with van der Waals surface area (Å²) in [5, 5.41) is 78.7. The first-order valence-corrected chi connectivity index (χ1v) is 13.1. The van der Waals surface area contributed by atoms with Crippen LogP contribution in [0.25, 0.3) is 5.76 Å². The maximum Gasteiger partial charge on any atom is 0.193 e. The molecule has 12 heteroatoms. The number of aliphatic hydroxyl groups excluding tert-OH is 3. The van der Waals surface area contributed by atoms with Crippen molar-refractivity contribution < 1.29 is 59.7 Å². The molecule has 2 aromatic rings. The van der Waals surface area contributed by atoms with Gasteiger partial charge in [-0.1, -0.05) is 0 Å². The molecule has 214 valence electrons. The van der Waals surface area contributed by atoms with Crippen LogP contribution >= 0.6 is 0 Å². The first-order chi connectivity index (χ1) is 19.7. The van der Waals surface area contributed by atoms with Crippen LogP contribution in [-0.4, -0.2) is 76.9 Å². The minimum Gasteiger partial charge on any atom is -0.507 e. The molecule has 2 fully saturated rings. The molecule has 12 nitrogen and oxygen atoms in total. The molecule has 7 N–H and O–H groups in total. The number of aromatic hydroxyl groups is 4. The number of Topliss-reactive ketones (excluding diaryl/α,β-unsaturated/α-hetero) is 4. The van der Waals surface area contributed by atoms with Crippen LogP contribution < -0.4 is 0 Å². The summed E-state index contributed by atoms with van der Waals surface area (Å²) in [6.45, 7) is 2.65.